The molecular weight excluding hydrogens is 346 g/mol. The maximum absolute atomic E-state index is 11.4. The van der Waals surface area contributed by atoms with Gasteiger partial charge in [-0.05, 0) is 46.4 Å². The molecule has 0 bridgehead atoms. The van der Waals surface area contributed by atoms with Crippen LogP contribution >= 0.6 is 0 Å². The molecule has 28 heavy (non-hydrogen) atoms. The summed E-state index contributed by atoms with van der Waals surface area (Å²) in [6, 6.07) is 19.0. The van der Waals surface area contributed by atoms with Crippen LogP contribution in [0.1, 0.15) is 35.1 Å². The minimum atomic E-state index is -0.00684. The summed E-state index contributed by atoms with van der Waals surface area (Å²) in [6.07, 6.45) is 6.58. The molecule has 1 aliphatic rings. The Hall–Kier alpha value is -3.27. The summed E-state index contributed by atoms with van der Waals surface area (Å²) >= 11 is 0. The van der Waals surface area contributed by atoms with Gasteiger partial charge in [-0.3, -0.25) is 14.8 Å². The normalized spacial score (nSPS) is 13.2. The van der Waals surface area contributed by atoms with Crippen molar-refractivity contribution in [1.82, 2.24) is 10.3 Å². The lowest BCUT2D eigenvalue weighted by Crippen LogP contribution is -2.27. The van der Waals surface area contributed by atoms with Crippen LogP contribution in [0, 0.1) is 0 Å². The Kier molecular flexibility index (Phi) is 5.29. The van der Waals surface area contributed by atoms with Crippen molar-refractivity contribution in [2.24, 2.45) is 4.99 Å². The first kappa shape index (κ1) is 18.1. The maximum atomic E-state index is 11.4. The van der Waals surface area contributed by atoms with E-state index in [4.69, 9.17) is 0 Å². The number of carbonyl (C=O) groups is 1. The molecule has 4 rings (SSSR count). The van der Waals surface area contributed by atoms with Crippen molar-refractivity contribution in [3.63, 3.8) is 0 Å². The Balaban J connectivity index is 1.58. The number of hydrogen-bond donors (Lipinski definition) is 1. The van der Waals surface area contributed by atoms with E-state index in [1.807, 2.05) is 36.8 Å². The highest BCUT2D eigenvalue weighted by molar-refractivity contribution is 5.86. The van der Waals surface area contributed by atoms with Gasteiger partial charge in [-0.15, -0.1) is 0 Å². The van der Waals surface area contributed by atoms with Crippen molar-refractivity contribution < 1.29 is 4.79 Å². The van der Waals surface area contributed by atoms with Gasteiger partial charge in [0.05, 0.1) is 6.54 Å². The number of nitrogens with one attached hydrogen (secondary N) is 1. The third kappa shape index (κ3) is 4.17. The number of nitrogens with zero attached hydrogens (tertiary/aromatic N) is 2. The van der Waals surface area contributed by atoms with Crippen LogP contribution < -0.4 is 5.32 Å². The predicted octanol–water partition coefficient (Wildman–Crippen LogP) is 4.14. The van der Waals surface area contributed by atoms with E-state index in [1.165, 1.54) is 16.7 Å². The summed E-state index contributed by atoms with van der Waals surface area (Å²) in [5.41, 5.74) is 7.09. The number of aliphatic imine (C=N–C) groups is 1. The van der Waals surface area contributed by atoms with E-state index >= 15 is 0 Å². The van der Waals surface area contributed by atoms with E-state index < -0.39 is 0 Å². The monoisotopic (exact) mass is 369 g/mol. The van der Waals surface area contributed by atoms with Gasteiger partial charge in [-0.2, -0.15) is 0 Å². The van der Waals surface area contributed by atoms with Crippen LogP contribution in [0.3, 0.4) is 0 Å². The zero-order valence-electron chi connectivity index (χ0n) is 15.9. The van der Waals surface area contributed by atoms with E-state index in [0.717, 1.165) is 29.7 Å². The van der Waals surface area contributed by atoms with Crippen molar-refractivity contribution in [3.8, 4) is 11.1 Å². The molecule has 4 heteroatoms. The number of benzene rings is 2. The number of hydrogen-bond acceptors (Lipinski definition) is 3. The predicted molar refractivity (Wildman–Crippen MR) is 113 cm³/mol. The number of pyridine rings is 1. The average Bonchev–Trinajstić information content (AvgIpc) is 3.20. The second-order valence-electron chi connectivity index (χ2n) is 7.21. The molecule has 140 valence electrons. The van der Waals surface area contributed by atoms with Crippen LogP contribution in [-0.2, 0) is 17.8 Å². The number of carbonyl (C=O) groups excluding carboxylic acids is 1. The van der Waals surface area contributed by atoms with Crippen LogP contribution in [-0.4, -0.2) is 23.7 Å². The third-order valence-corrected chi connectivity index (χ3v) is 5.12. The lowest BCUT2D eigenvalue weighted by Gasteiger charge is -2.18. The molecule has 1 aromatic heterocycles. The van der Waals surface area contributed by atoms with Gasteiger partial charge >= 0.3 is 0 Å². The molecule has 0 fully saturated rings. The highest BCUT2D eigenvalue weighted by Crippen LogP contribution is 2.26. The van der Waals surface area contributed by atoms with E-state index in [0.29, 0.717) is 6.54 Å². The SMILES string of the molecule is CC(=O)NC[C@H](Cc1cncc(-c2ccc3c(c2)C=NC3)c1)c1ccccc1. The molecule has 4 nitrogen and oxygen atoms in total. The van der Waals surface area contributed by atoms with E-state index in [1.54, 1.807) is 6.92 Å². The van der Waals surface area contributed by atoms with Gasteiger partial charge in [-0.25, -0.2) is 0 Å². The highest BCUT2D eigenvalue weighted by Gasteiger charge is 2.14. The highest BCUT2D eigenvalue weighted by atomic mass is 16.1. The second kappa shape index (κ2) is 8.17. The first-order valence-electron chi connectivity index (χ1n) is 9.55. The first-order valence-corrected chi connectivity index (χ1v) is 9.55. The van der Waals surface area contributed by atoms with Crippen LogP contribution in [0.4, 0.5) is 0 Å². The summed E-state index contributed by atoms with van der Waals surface area (Å²) < 4.78 is 0. The quantitative estimate of drug-likeness (QED) is 0.710. The molecule has 2 heterocycles. The van der Waals surface area contributed by atoms with Gasteiger partial charge in [0.1, 0.15) is 0 Å². The largest absolute Gasteiger partial charge is 0.356 e. The molecule has 0 radical (unpaired) electrons. The Morgan fingerprint density at radius 3 is 2.75 bits per heavy atom. The molecule has 1 amide bonds. The second-order valence-corrected chi connectivity index (χ2v) is 7.21. The van der Waals surface area contributed by atoms with E-state index in [2.05, 4.69) is 51.7 Å². The summed E-state index contributed by atoms with van der Waals surface area (Å²) in [5.74, 6) is 0.196. The van der Waals surface area contributed by atoms with Crippen molar-refractivity contribution in [3.05, 3.63) is 89.2 Å². The summed E-state index contributed by atoms with van der Waals surface area (Å²) in [6.45, 7) is 2.94. The maximum Gasteiger partial charge on any atom is 0.216 e. The van der Waals surface area contributed by atoms with Gasteiger partial charge in [-0.1, -0.05) is 42.5 Å². The zero-order valence-corrected chi connectivity index (χ0v) is 15.9. The molecule has 0 aliphatic carbocycles. The van der Waals surface area contributed by atoms with Crippen LogP contribution in [0.15, 0.2) is 72.0 Å². The summed E-state index contributed by atoms with van der Waals surface area (Å²) in [7, 11) is 0. The smallest absolute Gasteiger partial charge is 0.216 e. The van der Waals surface area contributed by atoms with Crippen LogP contribution in [0.5, 0.6) is 0 Å². The zero-order chi connectivity index (χ0) is 19.3. The fourth-order valence-electron chi connectivity index (χ4n) is 3.62. The Morgan fingerprint density at radius 2 is 1.93 bits per heavy atom. The van der Waals surface area contributed by atoms with E-state index in [9.17, 15) is 4.79 Å². The van der Waals surface area contributed by atoms with E-state index in [-0.39, 0.29) is 11.8 Å². The standard InChI is InChI=1S/C24H23N3O/c1-17(28)27-16-23(19-5-3-2-4-6-19)10-18-9-22(14-25-12-18)20-7-8-21-13-26-15-24(21)11-20/h2-9,11-12,14-15,23H,10,13,16H2,1H3,(H,27,28)/t23-/m0/s1. The fraction of sp³-hybridized carbons (Fsp3) is 0.208. The van der Waals surface area contributed by atoms with Crippen molar-refractivity contribution in [2.75, 3.05) is 6.54 Å². The van der Waals surface area contributed by atoms with Crippen LogP contribution in [0.25, 0.3) is 11.1 Å². The van der Waals surface area contributed by atoms with Gasteiger partial charge in [0, 0.05) is 43.6 Å². The van der Waals surface area contributed by atoms with Crippen molar-refractivity contribution >= 4 is 12.1 Å². The molecule has 1 aliphatic heterocycles. The van der Waals surface area contributed by atoms with Crippen molar-refractivity contribution in [1.29, 1.82) is 0 Å². The molecule has 0 spiro atoms. The molecule has 0 saturated carbocycles. The Labute approximate surface area is 165 Å². The molecule has 1 N–H and O–H groups in total. The lowest BCUT2D eigenvalue weighted by atomic mass is 9.91. The summed E-state index contributed by atoms with van der Waals surface area (Å²) in [5, 5.41) is 2.97. The fourth-order valence-corrected chi connectivity index (χ4v) is 3.62. The third-order valence-electron chi connectivity index (χ3n) is 5.12. The summed E-state index contributed by atoms with van der Waals surface area (Å²) in [4.78, 5) is 20.2. The molecule has 3 aromatic rings. The van der Waals surface area contributed by atoms with Gasteiger partial charge in [0.25, 0.3) is 0 Å². The van der Waals surface area contributed by atoms with Gasteiger partial charge in [0.2, 0.25) is 5.91 Å². The number of rotatable bonds is 6. The number of fused-ring (bicyclic) bond motifs is 1. The topological polar surface area (TPSA) is 54.4 Å². The van der Waals surface area contributed by atoms with Crippen LogP contribution in [0.2, 0.25) is 0 Å². The molecule has 1 atom stereocenters. The lowest BCUT2D eigenvalue weighted by molar-refractivity contribution is -0.119. The minimum absolute atomic E-state index is 0.00684. The Bertz CT molecular complexity index is 1010. The average molecular weight is 369 g/mol. The molecule has 0 saturated heterocycles. The first-order chi connectivity index (χ1) is 13.7. The molecule has 0 unspecified atom stereocenters. The van der Waals surface area contributed by atoms with Gasteiger partial charge in [0.15, 0.2) is 0 Å². The van der Waals surface area contributed by atoms with Gasteiger partial charge < -0.3 is 5.32 Å². The minimum Gasteiger partial charge on any atom is -0.356 e. The Morgan fingerprint density at radius 1 is 1.07 bits per heavy atom. The van der Waals surface area contributed by atoms with Crippen molar-refractivity contribution in [2.45, 2.75) is 25.8 Å². The molecule has 2 aromatic carbocycles. The number of aromatic nitrogens is 1. The molecular formula is C24H23N3O. The number of amides is 1.